The third-order valence-electron chi connectivity index (χ3n) is 3.01. The molecule has 17 heavy (non-hydrogen) atoms. The maximum Gasteiger partial charge on any atom is 0.126 e. The number of rotatable bonds is 3. The highest BCUT2D eigenvalue weighted by Gasteiger charge is 2.22. The topological polar surface area (TPSA) is 15.3 Å². The van der Waals surface area contributed by atoms with Gasteiger partial charge in [-0.2, -0.15) is 0 Å². The van der Waals surface area contributed by atoms with Gasteiger partial charge in [-0.3, -0.25) is 4.90 Å². The summed E-state index contributed by atoms with van der Waals surface area (Å²) in [6, 6.07) is 2.66. The minimum atomic E-state index is -0.659. The largest absolute Gasteiger partial charge is 0.314 e. The minimum absolute atomic E-state index is 0.368. The molecule has 0 saturated carbocycles. The average molecular weight is 244 g/mol. The Labute approximate surface area is 98.4 Å². The molecule has 1 aliphatic rings. The van der Waals surface area contributed by atoms with Crippen LogP contribution in [0.1, 0.15) is 11.6 Å². The van der Waals surface area contributed by atoms with E-state index >= 15 is 0 Å². The average Bonchev–Trinajstić information content (AvgIpc) is 2.30. The molecule has 1 aromatic rings. The molecule has 1 aliphatic heterocycles. The third-order valence-corrected chi connectivity index (χ3v) is 3.01. The smallest absolute Gasteiger partial charge is 0.126 e. The highest BCUT2D eigenvalue weighted by atomic mass is 19.1. The lowest BCUT2D eigenvalue weighted by Crippen LogP contribution is -2.45. The minimum Gasteiger partial charge on any atom is -0.314 e. The molecule has 1 saturated heterocycles. The molecule has 0 unspecified atom stereocenters. The molecule has 2 nitrogen and oxygen atoms in total. The summed E-state index contributed by atoms with van der Waals surface area (Å²) in [5.41, 5.74) is 0.368. The number of hydrogen-bond acceptors (Lipinski definition) is 2. The van der Waals surface area contributed by atoms with Gasteiger partial charge < -0.3 is 5.32 Å². The fourth-order valence-electron chi connectivity index (χ4n) is 2.16. The summed E-state index contributed by atoms with van der Waals surface area (Å²) in [4.78, 5) is 1.91. The van der Waals surface area contributed by atoms with Crippen molar-refractivity contribution in [2.75, 3.05) is 32.9 Å². The molecule has 1 atom stereocenters. The van der Waals surface area contributed by atoms with E-state index in [1.165, 1.54) is 12.1 Å². The summed E-state index contributed by atoms with van der Waals surface area (Å²) < 4.78 is 39.3. The van der Waals surface area contributed by atoms with Gasteiger partial charge in [-0.05, 0) is 17.7 Å². The maximum absolute atomic E-state index is 13.1. The van der Waals surface area contributed by atoms with Crippen molar-refractivity contribution in [3.05, 3.63) is 35.4 Å². The second kappa shape index (κ2) is 5.51. The molecule has 0 spiro atoms. The van der Waals surface area contributed by atoms with Crippen LogP contribution in [-0.2, 0) is 0 Å². The second-order valence-corrected chi connectivity index (χ2v) is 4.16. The number of nitrogens with one attached hydrogen (secondary N) is 1. The van der Waals surface area contributed by atoms with E-state index in [9.17, 15) is 13.2 Å². The predicted octanol–water partition coefficient (Wildman–Crippen LogP) is 1.88. The Kier molecular flexibility index (Phi) is 4.02. The van der Waals surface area contributed by atoms with E-state index in [1.807, 2.05) is 4.90 Å². The Bertz CT molecular complexity index is 358. The van der Waals surface area contributed by atoms with Gasteiger partial charge in [-0.1, -0.05) is 0 Å². The van der Waals surface area contributed by atoms with Crippen LogP contribution in [0.15, 0.2) is 18.2 Å². The lowest BCUT2D eigenvalue weighted by molar-refractivity contribution is 0.147. The zero-order valence-electron chi connectivity index (χ0n) is 9.43. The number of nitrogens with zero attached hydrogens (tertiary/aromatic N) is 1. The van der Waals surface area contributed by atoms with Crippen molar-refractivity contribution in [3.63, 3.8) is 0 Å². The van der Waals surface area contributed by atoms with Crippen LogP contribution in [0.3, 0.4) is 0 Å². The van der Waals surface area contributed by atoms with Crippen molar-refractivity contribution in [3.8, 4) is 0 Å². The summed E-state index contributed by atoms with van der Waals surface area (Å²) >= 11 is 0. The van der Waals surface area contributed by atoms with E-state index in [1.54, 1.807) is 0 Å². The molecular weight excluding hydrogens is 229 g/mol. The van der Waals surface area contributed by atoms with Crippen LogP contribution >= 0.6 is 0 Å². The maximum atomic E-state index is 13.1. The van der Waals surface area contributed by atoms with E-state index in [-0.39, 0.29) is 0 Å². The highest BCUT2D eigenvalue weighted by molar-refractivity contribution is 5.22. The normalized spacial score (nSPS) is 19.2. The first kappa shape index (κ1) is 12.4. The molecule has 0 aromatic heterocycles. The van der Waals surface area contributed by atoms with E-state index in [4.69, 9.17) is 0 Å². The van der Waals surface area contributed by atoms with E-state index in [0.29, 0.717) is 18.7 Å². The SMILES string of the molecule is FC[C@@H](c1cc(F)cc(F)c1)N1CCNCC1. The Hall–Kier alpha value is -1.07. The number of halogens is 3. The van der Waals surface area contributed by atoms with Crippen LogP contribution in [-0.4, -0.2) is 37.8 Å². The van der Waals surface area contributed by atoms with Gasteiger partial charge in [0.1, 0.15) is 18.3 Å². The van der Waals surface area contributed by atoms with Crippen LogP contribution in [0.2, 0.25) is 0 Å². The van der Waals surface area contributed by atoms with Gasteiger partial charge in [0, 0.05) is 32.2 Å². The first-order valence-electron chi connectivity index (χ1n) is 5.67. The second-order valence-electron chi connectivity index (χ2n) is 4.16. The van der Waals surface area contributed by atoms with Crippen molar-refractivity contribution in [2.24, 2.45) is 0 Å². The molecule has 94 valence electrons. The summed E-state index contributed by atoms with van der Waals surface area (Å²) in [6.45, 7) is 2.28. The van der Waals surface area contributed by atoms with Gasteiger partial charge in [-0.25, -0.2) is 13.2 Å². The molecule has 2 rings (SSSR count). The van der Waals surface area contributed by atoms with Gasteiger partial charge in [0.05, 0.1) is 6.04 Å². The monoisotopic (exact) mass is 244 g/mol. The van der Waals surface area contributed by atoms with E-state index in [2.05, 4.69) is 5.32 Å². The summed E-state index contributed by atoms with van der Waals surface area (Å²) in [5.74, 6) is -1.32. The molecule has 1 aromatic carbocycles. The van der Waals surface area contributed by atoms with E-state index in [0.717, 1.165) is 19.2 Å². The number of alkyl halides is 1. The lowest BCUT2D eigenvalue weighted by Gasteiger charge is -2.33. The van der Waals surface area contributed by atoms with Crippen molar-refractivity contribution in [2.45, 2.75) is 6.04 Å². The Morgan fingerprint density at radius 3 is 2.24 bits per heavy atom. The Morgan fingerprint density at radius 2 is 1.71 bits per heavy atom. The molecule has 1 fully saturated rings. The molecular formula is C12H15F3N2. The van der Waals surface area contributed by atoms with Crippen LogP contribution < -0.4 is 5.32 Å². The van der Waals surface area contributed by atoms with Crippen LogP contribution in [0, 0.1) is 11.6 Å². The van der Waals surface area contributed by atoms with Crippen LogP contribution in [0.25, 0.3) is 0 Å². The molecule has 5 heteroatoms. The van der Waals surface area contributed by atoms with Crippen molar-refractivity contribution in [1.82, 2.24) is 10.2 Å². The zero-order valence-corrected chi connectivity index (χ0v) is 9.43. The third kappa shape index (κ3) is 2.98. The summed E-state index contributed by atoms with van der Waals surface area (Å²) in [5, 5.41) is 3.16. The van der Waals surface area contributed by atoms with Gasteiger partial charge in [0.25, 0.3) is 0 Å². The van der Waals surface area contributed by atoms with Crippen LogP contribution in [0.5, 0.6) is 0 Å². The fourth-order valence-corrected chi connectivity index (χ4v) is 2.16. The number of hydrogen-bond donors (Lipinski definition) is 1. The van der Waals surface area contributed by atoms with Crippen molar-refractivity contribution < 1.29 is 13.2 Å². The summed E-state index contributed by atoms with van der Waals surface area (Å²) in [7, 11) is 0. The number of benzene rings is 1. The quantitative estimate of drug-likeness (QED) is 0.873. The lowest BCUT2D eigenvalue weighted by atomic mass is 10.1. The first-order chi connectivity index (χ1) is 8.20. The van der Waals surface area contributed by atoms with Gasteiger partial charge in [0.2, 0.25) is 0 Å². The zero-order chi connectivity index (χ0) is 12.3. The Morgan fingerprint density at radius 1 is 1.12 bits per heavy atom. The van der Waals surface area contributed by atoms with Gasteiger partial charge >= 0.3 is 0 Å². The van der Waals surface area contributed by atoms with Gasteiger partial charge in [0.15, 0.2) is 0 Å². The standard InChI is InChI=1S/C12H15F3N2/c13-8-12(17-3-1-16-2-4-17)9-5-10(14)7-11(15)6-9/h5-7,12,16H,1-4,8H2/t12-/m0/s1. The molecule has 1 N–H and O–H groups in total. The van der Waals surface area contributed by atoms with Gasteiger partial charge in [-0.15, -0.1) is 0 Å². The van der Waals surface area contributed by atoms with Crippen molar-refractivity contribution in [1.29, 1.82) is 0 Å². The van der Waals surface area contributed by atoms with Crippen molar-refractivity contribution >= 4 is 0 Å². The molecule has 0 amide bonds. The predicted molar refractivity (Wildman–Crippen MR) is 59.5 cm³/mol. The van der Waals surface area contributed by atoms with Crippen LogP contribution in [0.4, 0.5) is 13.2 Å². The molecule has 0 radical (unpaired) electrons. The van der Waals surface area contributed by atoms with E-state index < -0.39 is 24.4 Å². The molecule has 0 bridgehead atoms. The fraction of sp³-hybridized carbons (Fsp3) is 0.500. The molecule has 1 heterocycles. The highest BCUT2D eigenvalue weighted by Crippen LogP contribution is 2.23. The number of piperazine rings is 1. The first-order valence-corrected chi connectivity index (χ1v) is 5.67. The summed E-state index contributed by atoms with van der Waals surface area (Å²) in [6.07, 6.45) is 0. The molecule has 0 aliphatic carbocycles. The Balaban J connectivity index is 2.21.